The Hall–Kier alpha value is -2.48. The van der Waals surface area contributed by atoms with E-state index < -0.39 is 23.5 Å². The molecule has 9 heteroatoms. The maximum atomic E-state index is 12.6. The van der Waals surface area contributed by atoms with Crippen molar-refractivity contribution in [1.29, 1.82) is 0 Å². The van der Waals surface area contributed by atoms with Crippen LogP contribution in [-0.4, -0.2) is 34.0 Å². The lowest BCUT2D eigenvalue weighted by Gasteiger charge is -2.16. The summed E-state index contributed by atoms with van der Waals surface area (Å²) in [4.78, 5) is 43.2. The van der Waals surface area contributed by atoms with Crippen LogP contribution in [0.25, 0.3) is 10.2 Å². The number of aromatic nitrogens is 1. The van der Waals surface area contributed by atoms with Gasteiger partial charge in [0.15, 0.2) is 16.8 Å². The Labute approximate surface area is 174 Å². The van der Waals surface area contributed by atoms with Gasteiger partial charge in [-0.25, -0.2) is 4.98 Å². The molecule has 1 aliphatic heterocycles. The summed E-state index contributed by atoms with van der Waals surface area (Å²) < 4.78 is 0.906. The number of thiazole rings is 1. The number of Topliss-reactive ketones (excluding diaryl/α,β-unsaturated/α-hetero) is 1. The zero-order valence-electron chi connectivity index (χ0n) is 14.3. The summed E-state index contributed by atoms with van der Waals surface area (Å²) in [6, 6.07) is 12.4. The van der Waals surface area contributed by atoms with Gasteiger partial charge in [-0.1, -0.05) is 52.7 Å². The summed E-state index contributed by atoms with van der Waals surface area (Å²) in [6.45, 7) is 0.0450. The van der Waals surface area contributed by atoms with E-state index in [1.54, 1.807) is 18.2 Å². The predicted molar refractivity (Wildman–Crippen MR) is 109 cm³/mol. The number of hydrogen-bond donors (Lipinski definition) is 1. The molecule has 1 atom stereocenters. The first-order valence-electron chi connectivity index (χ1n) is 8.34. The van der Waals surface area contributed by atoms with Gasteiger partial charge in [-0.15, -0.1) is 0 Å². The molecule has 2 aromatic carbocycles. The predicted octanol–water partition coefficient (Wildman–Crippen LogP) is 3.77. The fourth-order valence-electron chi connectivity index (χ4n) is 3.03. The average Bonchev–Trinajstić information content (AvgIpc) is 3.18. The van der Waals surface area contributed by atoms with E-state index in [2.05, 4.69) is 10.3 Å². The van der Waals surface area contributed by atoms with Gasteiger partial charge >= 0.3 is 0 Å². The minimum atomic E-state index is -1.37. The van der Waals surface area contributed by atoms with Gasteiger partial charge in [-0.05, 0) is 29.8 Å². The van der Waals surface area contributed by atoms with Gasteiger partial charge in [0.1, 0.15) is 0 Å². The number of halogens is 2. The molecular weight excluding hydrogens is 421 g/mol. The van der Waals surface area contributed by atoms with E-state index in [1.165, 1.54) is 16.2 Å². The van der Waals surface area contributed by atoms with Gasteiger partial charge in [-0.3, -0.25) is 14.4 Å². The van der Waals surface area contributed by atoms with Gasteiger partial charge < -0.3 is 10.2 Å². The van der Waals surface area contributed by atoms with Gasteiger partial charge in [-0.2, -0.15) is 0 Å². The van der Waals surface area contributed by atoms with Crippen LogP contribution in [0.5, 0.6) is 0 Å². The number of ketones is 1. The Morgan fingerprint density at radius 2 is 1.96 bits per heavy atom. The van der Waals surface area contributed by atoms with E-state index in [9.17, 15) is 14.4 Å². The number of benzene rings is 2. The fourth-order valence-corrected chi connectivity index (χ4v) is 4.22. The van der Waals surface area contributed by atoms with E-state index in [0.29, 0.717) is 15.2 Å². The van der Waals surface area contributed by atoms with Crippen molar-refractivity contribution in [3.05, 3.63) is 58.1 Å². The molecule has 1 saturated heterocycles. The molecule has 1 fully saturated rings. The summed E-state index contributed by atoms with van der Waals surface area (Å²) in [5.74, 6) is -3.00. The molecule has 28 heavy (non-hydrogen) atoms. The van der Waals surface area contributed by atoms with Crippen molar-refractivity contribution in [3.8, 4) is 0 Å². The Morgan fingerprint density at radius 1 is 1.18 bits per heavy atom. The zero-order valence-corrected chi connectivity index (χ0v) is 16.6. The van der Waals surface area contributed by atoms with E-state index >= 15 is 0 Å². The second-order valence-electron chi connectivity index (χ2n) is 6.32. The average molecular weight is 434 g/mol. The topological polar surface area (TPSA) is 79.4 Å². The standard InChI is InChI=1S/C19H13Cl2N3O3S/c20-11-6-5-10(7-12(11)21)8-24-9-14(25)16(18(24)27)17(26)23-19-22-13-3-1-2-4-15(13)28-19/h1-7,16H,8-9H2,(H,22,23,26). The van der Waals surface area contributed by atoms with Gasteiger partial charge in [0, 0.05) is 6.54 Å². The molecule has 142 valence electrons. The van der Waals surface area contributed by atoms with Crippen LogP contribution in [0.2, 0.25) is 10.0 Å². The second-order valence-corrected chi connectivity index (χ2v) is 8.16. The van der Waals surface area contributed by atoms with Crippen LogP contribution < -0.4 is 5.32 Å². The number of amides is 2. The van der Waals surface area contributed by atoms with Crippen LogP contribution >= 0.6 is 34.5 Å². The largest absolute Gasteiger partial charge is 0.330 e. The minimum absolute atomic E-state index is 0.128. The number of nitrogens with zero attached hydrogens (tertiary/aromatic N) is 2. The SMILES string of the molecule is O=C1CN(Cc2ccc(Cl)c(Cl)c2)C(=O)C1C(=O)Nc1nc2ccccc2s1. The van der Waals surface area contributed by atoms with Crippen molar-refractivity contribution in [1.82, 2.24) is 9.88 Å². The highest BCUT2D eigenvalue weighted by atomic mass is 35.5. The van der Waals surface area contributed by atoms with Crippen LogP contribution in [-0.2, 0) is 20.9 Å². The fraction of sp³-hybridized carbons (Fsp3) is 0.158. The number of fused-ring (bicyclic) bond motifs is 1. The quantitative estimate of drug-likeness (QED) is 0.635. The van der Waals surface area contributed by atoms with Crippen molar-refractivity contribution in [2.75, 3.05) is 11.9 Å². The molecule has 0 saturated carbocycles. The Balaban J connectivity index is 1.48. The van der Waals surface area contributed by atoms with Crippen molar-refractivity contribution in [2.24, 2.45) is 5.92 Å². The Bertz CT molecular complexity index is 1080. The molecule has 2 heterocycles. The van der Waals surface area contributed by atoms with Crippen LogP contribution in [0.4, 0.5) is 5.13 Å². The lowest BCUT2D eigenvalue weighted by Crippen LogP contribution is -2.34. The summed E-state index contributed by atoms with van der Waals surface area (Å²) >= 11 is 13.2. The first-order chi connectivity index (χ1) is 13.4. The first-order valence-corrected chi connectivity index (χ1v) is 9.91. The minimum Gasteiger partial charge on any atom is -0.330 e. The Morgan fingerprint density at radius 3 is 2.71 bits per heavy atom. The number of likely N-dealkylation sites (tertiary alicyclic amines) is 1. The monoisotopic (exact) mass is 433 g/mol. The molecule has 0 spiro atoms. The zero-order chi connectivity index (χ0) is 19.8. The molecule has 3 aromatic rings. The molecule has 4 rings (SSSR count). The van der Waals surface area contributed by atoms with Crippen molar-refractivity contribution < 1.29 is 14.4 Å². The number of carbonyl (C=O) groups is 3. The number of rotatable bonds is 4. The summed E-state index contributed by atoms with van der Waals surface area (Å²) in [5.41, 5.74) is 1.47. The number of nitrogens with one attached hydrogen (secondary N) is 1. The van der Waals surface area contributed by atoms with Gasteiger partial charge in [0.25, 0.3) is 0 Å². The van der Waals surface area contributed by atoms with Crippen molar-refractivity contribution in [3.63, 3.8) is 0 Å². The molecule has 1 aromatic heterocycles. The molecule has 2 amide bonds. The van der Waals surface area contributed by atoms with Crippen LogP contribution in [0.15, 0.2) is 42.5 Å². The lowest BCUT2D eigenvalue weighted by molar-refractivity contribution is -0.138. The van der Waals surface area contributed by atoms with Gasteiger partial charge in [0.05, 0.1) is 26.8 Å². The summed E-state index contributed by atoms with van der Waals surface area (Å²) in [6.07, 6.45) is 0. The number of hydrogen-bond acceptors (Lipinski definition) is 5. The second kappa shape index (κ2) is 7.50. The van der Waals surface area contributed by atoms with Crippen LogP contribution in [0, 0.1) is 5.92 Å². The Kier molecular flexibility index (Phi) is 5.05. The smallest absolute Gasteiger partial charge is 0.246 e. The van der Waals surface area contributed by atoms with Crippen molar-refractivity contribution >= 4 is 67.5 Å². The molecule has 0 bridgehead atoms. The van der Waals surface area contributed by atoms with Gasteiger partial charge in [0.2, 0.25) is 11.8 Å². The van der Waals surface area contributed by atoms with Crippen molar-refractivity contribution in [2.45, 2.75) is 6.54 Å². The molecule has 0 aliphatic carbocycles. The molecule has 6 nitrogen and oxygen atoms in total. The van der Waals surface area contributed by atoms with E-state index in [0.717, 1.165) is 15.8 Å². The van der Waals surface area contributed by atoms with Crippen LogP contribution in [0.1, 0.15) is 5.56 Å². The molecule has 1 N–H and O–H groups in total. The third kappa shape index (κ3) is 3.61. The third-order valence-electron chi connectivity index (χ3n) is 4.37. The number of carbonyl (C=O) groups excluding carboxylic acids is 3. The highest BCUT2D eigenvalue weighted by molar-refractivity contribution is 7.22. The van der Waals surface area contributed by atoms with E-state index in [-0.39, 0.29) is 13.1 Å². The van der Waals surface area contributed by atoms with Crippen LogP contribution in [0.3, 0.4) is 0 Å². The maximum absolute atomic E-state index is 12.6. The third-order valence-corrected chi connectivity index (χ3v) is 6.06. The number of anilines is 1. The van der Waals surface area contributed by atoms with E-state index in [1.807, 2.05) is 24.3 Å². The van der Waals surface area contributed by atoms with E-state index in [4.69, 9.17) is 23.2 Å². The highest BCUT2D eigenvalue weighted by Gasteiger charge is 2.44. The lowest BCUT2D eigenvalue weighted by atomic mass is 10.1. The summed E-state index contributed by atoms with van der Waals surface area (Å²) in [5, 5.41) is 3.72. The highest BCUT2D eigenvalue weighted by Crippen LogP contribution is 2.28. The molecular formula is C19H13Cl2N3O3S. The number of para-hydroxylation sites is 1. The molecule has 1 unspecified atom stereocenters. The first kappa shape index (κ1) is 18.9. The normalized spacial score (nSPS) is 16.8. The molecule has 1 aliphatic rings. The summed E-state index contributed by atoms with van der Waals surface area (Å²) in [7, 11) is 0. The molecule has 0 radical (unpaired) electrons. The maximum Gasteiger partial charge on any atom is 0.246 e.